The van der Waals surface area contributed by atoms with Crippen LogP contribution in [0.25, 0.3) is 0 Å². The number of piperidine rings is 2. The summed E-state index contributed by atoms with van der Waals surface area (Å²) in [5.74, 6) is -3.68. The van der Waals surface area contributed by atoms with Crippen LogP contribution in [0.1, 0.15) is 143 Å². The quantitative estimate of drug-likeness (QED) is 0.100. The van der Waals surface area contributed by atoms with E-state index >= 15 is 9.59 Å². The molecule has 0 unspecified atom stereocenters. The molecule has 4 saturated heterocycles. The number of amides is 9. The lowest BCUT2D eigenvalue weighted by molar-refractivity contribution is -0.146. The SMILES string of the molecule is CC[C@@H](C)C(=O)N[C@H](C(=O)N1C[C@@H](NC(=O)c2ccc(C(=O)N[C@H]3C[C@@H](C(=O)N[C@@H]4CCOc5ccccc54)N(C(=O)[C@@H](CC(=O)[C@H](C)NC)C4CCN(C(C)=O)CC4)C3)cc2)C[C@H]1C(=O)N[C@@H]1CCOc2ccccc21)C1CCN(C(C)=O)CC1. The first-order valence-electron chi connectivity index (χ1n) is 30.7. The number of hydrogen-bond acceptors (Lipinski definition) is 13. The van der Waals surface area contributed by atoms with E-state index in [1.54, 1.807) is 30.7 Å². The molecule has 0 aromatic heterocycles. The van der Waals surface area contributed by atoms with Gasteiger partial charge < -0.3 is 61.0 Å². The minimum Gasteiger partial charge on any atom is -0.493 e. The maximum atomic E-state index is 15.1. The first kappa shape index (κ1) is 62.6. The van der Waals surface area contributed by atoms with Gasteiger partial charge in [0.2, 0.25) is 41.4 Å². The summed E-state index contributed by atoms with van der Waals surface area (Å²) in [6.45, 7) is 10.8. The van der Waals surface area contributed by atoms with Crippen LogP contribution in [-0.2, 0) is 38.4 Å². The van der Waals surface area contributed by atoms with Crippen molar-refractivity contribution in [2.24, 2.45) is 23.7 Å². The number of carbonyl (C=O) groups excluding carboxylic acids is 10. The van der Waals surface area contributed by atoms with E-state index in [1.165, 1.54) is 47.9 Å². The molecule has 6 N–H and O–H groups in total. The van der Waals surface area contributed by atoms with Crippen molar-refractivity contribution in [3.05, 3.63) is 95.1 Å². The molecule has 3 aromatic rings. The maximum Gasteiger partial charge on any atom is 0.251 e. The second-order valence-corrected chi connectivity index (χ2v) is 24.1. The lowest BCUT2D eigenvalue weighted by Gasteiger charge is -2.38. The first-order valence-corrected chi connectivity index (χ1v) is 30.7. The molecule has 462 valence electrons. The van der Waals surface area contributed by atoms with Gasteiger partial charge in [0.25, 0.3) is 11.8 Å². The molecule has 0 saturated carbocycles. The number of rotatable bonds is 19. The molecular formula is C64H84N10O12. The second-order valence-electron chi connectivity index (χ2n) is 24.1. The monoisotopic (exact) mass is 1180 g/mol. The zero-order valence-corrected chi connectivity index (χ0v) is 50.3. The molecule has 86 heavy (non-hydrogen) atoms. The van der Waals surface area contributed by atoms with Gasteiger partial charge in [-0.3, -0.25) is 47.9 Å². The molecule has 6 heterocycles. The van der Waals surface area contributed by atoms with Crippen LogP contribution in [0.4, 0.5) is 0 Å². The van der Waals surface area contributed by atoms with Crippen LogP contribution in [0.2, 0.25) is 0 Å². The molecule has 9 rings (SSSR count). The Morgan fingerprint density at radius 2 is 1.01 bits per heavy atom. The fraction of sp³-hybridized carbons (Fsp3) is 0.562. The molecule has 0 aliphatic carbocycles. The third-order valence-corrected chi connectivity index (χ3v) is 18.7. The highest BCUT2D eigenvalue weighted by molar-refractivity contribution is 5.99. The molecule has 22 heteroatoms. The second kappa shape index (κ2) is 28.1. The maximum absolute atomic E-state index is 15.1. The molecule has 6 aliphatic rings. The Balaban J connectivity index is 0.908. The van der Waals surface area contributed by atoms with Crippen molar-refractivity contribution in [2.45, 2.75) is 147 Å². The van der Waals surface area contributed by atoms with Crippen LogP contribution in [0.15, 0.2) is 72.8 Å². The molecule has 0 spiro atoms. The Bertz CT molecular complexity index is 2820. The van der Waals surface area contributed by atoms with Crippen molar-refractivity contribution >= 4 is 58.9 Å². The highest BCUT2D eigenvalue weighted by Crippen LogP contribution is 2.37. The smallest absolute Gasteiger partial charge is 0.251 e. The Hall–Kier alpha value is -7.88. The fourth-order valence-corrected chi connectivity index (χ4v) is 13.1. The van der Waals surface area contributed by atoms with E-state index in [1.807, 2.05) is 55.5 Å². The molecule has 9 amide bonds. The Morgan fingerprint density at radius 3 is 1.45 bits per heavy atom. The Morgan fingerprint density at radius 1 is 0.570 bits per heavy atom. The number of ketones is 1. The predicted octanol–water partition coefficient (Wildman–Crippen LogP) is 3.60. The average Bonchev–Trinajstić information content (AvgIpc) is 3.23. The van der Waals surface area contributed by atoms with Gasteiger partial charge in [-0.1, -0.05) is 50.2 Å². The van der Waals surface area contributed by atoms with Gasteiger partial charge in [0, 0.05) is 119 Å². The normalized spacial score (nSPS) is 23.6. The number of fused-ring (bicyclic) bond motifs is 2. The minimum absolute atomic E-state index is 0.0154. The van der Waals surface area contributed by atoms with Crippen LogP contribution in [-0.4, -0.2) is 174 Å². The summed E-state index contributed by atoms with van der Waals surface area (Å²) < 4.78 is 11.7. The van der Waals surface area contributed by atoms with E-state index in [9.17, 15) is 38.4 Å². The van der Waals surface area contributed by atoms with Gasteiger partial charge in [-0.15, -0.1) is 0 Å². The average molecular weight is 1190 g/mol. The van der Waals surface area contributed by atoms with Gasteiger partial charge in [0.15, 0.2) is 0 Å². The topological polar surface area (TPSA) is 274 Å². The number of likely N-dealkylation sites (N-methyl/N-ethyl adjacent to an activating group) is 1. The van der Waals surface area contributed by atoms with Crippen molar-refractivity contribution in [3.63, 3.8) is 0 Å². The molecule has 10 atom stereocenters. The molecule has 6 aliphatic heterocycles. The zero-order chi connectivity index (χ0) is 61.3. The molecule has 0 bridgehead atoms. The number of nitrogens with one attached hydrogen (secondary N) is 6. The van der Waals surface area contributed by atoms with Crippen molar-refractivity contribution in [1.29, 1.82) is 0 Å². The summed E-state index contributed by atoms with van der Waals surface area (Å²) in [6, 6.07) is 15.2. The number of nitrogens with zero attached hydrogens (tertiary/aromatic N) is 4. The number of para-hydroxylation sites is 2. The summed E-state index contributed by atoms with van der Waals surface area (Å²) in [5, 5.41) is 18.4. The fourth-order valence-electron chi connectivity index (χ4n) is 13.1. The molecular weight excluding hydrogens is 1100 g/mol. The van der Waals surface area contributed by atoms with Crippen LogP contribution >= 0.6 is 0 Å². The highest BCUT2D eigenvalue weighted by atomic mass is 16.5. The summed E-state index contributed by atoms with van der Waals surface area (Å²) in [5.41, 5.74) is 2.02. The van der Waals surface area contributed by atoms with Gasteiger partial charge in [0.05, 0.1) is 31.3 Å². The van der Waals surface area contributed by atoms with E-state index in [-0.39, 0.29) is 90.6 Å². The lowest BCUT2D eigenvalue weighted by atomic mass is 9.79. The minimum atomic E-state index is -1.03. The third-order valence-electron chi connectivity index (χ3n) is 18.7. The Kier molecular flexibility index (Phi) is 20.5. The molecule has 4 fully saturated rings. The molecule has 22 nitrogen and oxygen atoms in total. The van der Waals surface area contributed by atoms with Crippen LogP contribution in [0, 0.1) is 23.7 Å². The van der Waals surface area contributed by atoms with E-state index in [0.29, 0.717) is 95.8 Å². The Labute approximate surface area is 502 Å². The number of hydrogen-bond donors (Lipinski definition) is 6. The summed E-state index contributed by atoms with van der Waals surface area (Å²) >= 11 is 0. The third kappa shape index (κ3) is 14.5. The van der Waals surface area contributed by atoms with Crippen molar-refractivity contribution < 1.29 is 57.4 Å². The standard InChI is InChI=1S/C64H84N10O12/c1-7-37(2)58(78)70-57(42-22-28-72(29-23-42)40(5)76)64(84)74-36-46(33-53(74)62(82)69-51-25-31-86-56-15-11-9-13-48(51)56)67-60(80)44-18-16-43(17-19-44)59(79)66-45-32-52(61(81)68-50-24-30-85-55-14-10-8-12-47(50)55)73(35-45)63(83)49(34-54(77)38(3)65-6)41-20-26-71(27-21-41)39(4)75/h8-19,37-38,41-42,45-46,49-53,57,65H,7,20-36H2,1-6H3,(H,66,79)(H,67,80)(H,68,81)(H,69,82)(H,70,78)/t37-,38+,45+,46+,49+,50-,51-,52+,53+,57+/m1/s1. The van der Waals surface area contributed by atoms with Crippen molar-refractivity contribution in [2.75, 3.05) is 59.5 Å². The molecule has 3 aromatic carbocycles. The van der Waals surface area contributed by atoms with E-state index in [0.717, 1.165) is 11.1 Å². The summed E-state index contributed by atoms with van der Waals surface area (Å²) in [6.07, 6.45) is 3.54. The number of ether oxygens (including phenoxy) is 2. The van der Waals surface area contributed by atoms with Crippen molar-refractivity contribution in [1.82, 2.24) is 51.5 Å². The number of likely N-dealkylation sites (tertiary alicyclic amines) is 4. The first-order chi connectivity index (χ1) is 41.3. The van der Waals surface area contributed by atoms with Gasteiger partial charge in [0.1, 0.15) is 35.4 Å². The van der Waals surface area contributed by atoms with Gasteiger partial charge >= 0.3 is 0 Å². The van der Waals surface area contributed by atoms with Crippen molar-refractivity contribution in [3.8, 4) is 11.5 Å². The number of carbonyl (C=O) groups is 10. The number of Topliss-reactive ketones (excluding diaryl/α,β-unsaturated/α-hetero) is 1. The largest absolute Gasteiger partial charge is 0.493 e. The summed E-state index contributed by atoms with van der Waals surface area (Å²) in [4.78, 5) is 146. The van der Waals surface area contributed by atoms with Crippen LogP contribution < -0.4 is 41.4 Å². The lowest BCUT2D eigenvalue weighted by Crippen LogP contribution is -2.58. The predicted molar refractivity (Wildman–Crippen MR) is 317 cm³/mol. The van der Waals surface area contributed by atoms with Crippen LogP contribution in [0.5, 0.6) is 11.5 Å². The van der Waals surface area contributed by atoms with Crippen LogP contribution in [0.3, 0.4) is 0 Å². The zero-order valence-electron chi connectivity index (χ0n) is 50.3. The van der Waals surface area contributed by atoms with Gasteiger partial charge in [-0.05, 0) is 107 Å². The number of benzene rings is 3. The molecule has 0 radical (unpaired) electrons. The van der Waals surface area contributed by atoms with Gasteiger partial charge in [-0.2, -0.15) is 0 Å². The van der Waals surface area contributed by atoms with E-state index in [4.69, 9.17) is 9.47 Å². The van der Waals surface area contributed by atoms with E-state index in [2.05, 4.69) is 31.9 Å². The summed E-state index contributed by atoms with van der Waals surface area (Å²) in [7, 11) is 1.68. The van der Waals surface area contributed by atoms with Gasteiger partial charge in [-0.25, -0.2) is 0 Å². The highest BCUT2D eigenvalue weighted by Gasteiger charge is 2.48. The van der Waals surface area contributed by atoms with E-state index < -0.39 is 83.8 Å².